The van der Waals surface area contributed by atoms with Crippen LogP contribution in [0.2, 0.25) is 0 Å². The van der Waals surface area contributed by atoms with Gasteiger partial charge >= 0.3 is 0 Å². The van der Waals surface area contributed by atoms with Gasteiger partial charge in [0.1, 0.15) is 6.10 Å². The third kappa shape index (κ3) is 3.82. The van der Waals surface area contributed by atoms with Gasteiger partial charge in [0.25, 0.3) is 0 Å². The highest BCUT2D eigenvalue weighted by atomic mass is 16.3. The third-order valence-corrected chi connectivity index (χ3v) is 2.70. The van der Waals surface area contributed by atoms with Crippen molar-refractivity contribution in [2.75, 3.05) is 0 Å². The van der Waals surface area contributed by atoms with E-state index in [-0.39, 0.29) is 0 Å². The van der Waals surface area contributed by atoms with Gasteiger partial charge in [0.05, 0.1) is 0 Å². The first-order chi connectivity index (χ1) is 7.79. The normalized spacial score (nSPS) is 13.8. The van der Waals surface area contributed by atoms with Crippen molar-refractivity contribution in [3.05, 3.63) is 47.5 Å². The molecule has 1 rings (SSSR count). The summed E-state index contributed by atoms with van der Waals surface area (Å²) in [4.78, 5) is 0. The molecule has 1 unspecified atom stereocenters. The molecule has 0 bridgehead atoms. The van der Waals surface area contributed by atoms with Gasteiger partial charge in [-0.25, -0.2) is 0 Å². The summed E-state index contributed by atoms with van der Waals surface area (Å²) in [6.07, 6.45) is 6.03. The quantitative estimate of drug-likeness (QED) is 0.708. The Morgan fingerprint density at radius 3 is 2.44 bits per heavy atom. The molecule has 88 valence electrons. The van der Waals surface area contributed by atoms with Crippen molar-refractivity contribution in [2.45, 2.75) is 45.6 Å². The van der Waals surface area contributed by atoms with E-state index in [4.69, 9.17) is 0 Å². The van der Waals surface area contributed by atoms with E-state index in [0.29, 0.717) is 0 Å². The van der Waals surface area contributed by atoms with Crippen molar-refractivity contribution in [1.82, 2.24) is 0 Å². The lowest BCUT2D eigenvalue weighted by molar-refractivity contribution is 0.210. The minimum Gasteiger partial charge on any atom is -0.384 e. The van der Waals surface area contributed by atoms with Crippen LogP contribution in [0.4, 0.5) is 0 Å². The molecule has 0 radical (unpaired) electrons. The molecular formula is C15H22O. The Bertz CT molecular complexity index is 313. The van der Waals surface area contributed by atoms with Gasteiger partial charge in [0, 0.05) is 0 Å². The summed E-state index contributed by atoms with van der Waals surface area (Å²) in [6.45, 7) is 4.31. The molecule has 0 aliphatic carbocycles. The van der Waals surface area contributed by atoms with Gasteiger partial charge < -0.3 is 5.11 Å². The van der Waals surface area contributed by atoms with E-state index < -0.39 is 6.10 Å². The second-order valence-corrected chi connectivity index (χ2v) is 4.13. The fourth-order valence-electron chi connectivity index (χ4n) is 1.82. The Kier molecular flexibility index (Phi) is 5.87. The zero-order valence-electron chi connectivity index (χ0n) is 10.3. The zero-order chi connectivity index (χ0) is 11.8. The number of hydrogen-bond acceptors (Lipinski definition) is 1. The molecule has 0 spiro atoms. The van der Waals surface area contributed by atoms with Crippen LogP contribution in [0.1, 0.15) is 51.2 Å². The summed E-state index contributed by atoms with van der Waals surface area (Å²) in [5.41, 5.74) is 2.16. The summed E-state index contributed by atoms with van der Waals surface area (Å²) >= 11 is 0. The molecule has 1 atom stereocenters. The number of aliphatic hydroxyl groups excluding tert-OH is 1. The van der Waals surface area contributed by atoms with E-state index in [2.05, 4.69) is 19.9 Å². The van der Waals surface area contributed by atoms with E-state index in [9.17, 15) is 5.11 Å². The van der Waals surface area contributed by atoms with Crippen LogP contribution in [-0.2, 0) is 0 Å². The number of benzene rings is 1. The Labute approximate surface area is 98.8 Å². The highest BCUT2D eigenvalue weighted by Crippen LogP contribution is 2.25. The van der Waals surface area contributed by atoms with Gasteiger partial charge in [0.2, 0.25) is 0 Å². The van der Waals surface area contributed by atoms with Gasteiger partial charge in [-0.05, 0) is 24.0 Å². The number of aliphatic hydroxyl groups is 1. The molecule has 0 saturated heterocycles. The molecule has 0 fully saturated rings. The fourth-order valence-corrected chi connectivity index (χ4v) is 1.82. The van der Waals surface area contributed by atoms with E-state index >= 15 is 0 Å². The van der Waals surface area contributed by atoms with Crippen molar-refractivity contribution in [2.24, 2.45) is 0 Å². The molecule has 0 aromatic heterocycles. The standard InChI is InChI=1S/C15H22O/c1-3-5-10-13(9-4-2)15(16)14-11-7-6-8-12-14/h6-8,10-12,15-16H,3-5,9H2,1-2H3/b13-10-. The topological polar surface area (TPSA) is 20.2 Å². The van der Waals surface area contributed by atoms with Crippen LogP contribution in [0.5, 0.6) is 0 Å². The molecule has 1 nitrogen and oxygen atoms in total. The molecular weight excluding hydrogens is 196 g/mol. The van der Waals surface area contributed by atoms with Crippen LogP contribution in [0.15, 0.2) is 42.0 Å². The monoisotopic (exact) mass is 218 g/mol. The van der Waals surface area contributed by atoms with Crippen molar-refractivity contribution in [3.8, 4) is 0 Å². The highest BCUT2D eigenvalue weighted by Gasteiger charge is 2.11. The molecule has 0 saturated carbocycles. The predicted octanol–water partition coefficient (Wildman–Crippen LogP) is 4.25. The van der Waals surface area contributed by atoms with Crippen molar-refractivity contribution < 1.29 is 5.11 Å². The minimum atomic E-state index is -0.423. The van der Waals surface area contributed by atoms with Crippen molar-refractivity contribution >= 4 is 0 Å². The minimum absolute atomic E-state index is 0.423. The average molecular weight is 218 g/mol. The van der Waals surface area contributed by atoms with Crippen LogP contribution in [0.25, 0.3) is 0 Å². The molecule has 1 heteroatoms. The van der Waals surface area contributed by atoms with Crippen LogP contribution in [-0.4, -0.2) is 5.11 Å². The Balaban J connectivity index is 2.78. The molecule has 0 aliphatic heterocycles. The summed E-state index contributed by atoms with van der Waals surface area (Å²) in [6, 6.07) is 9.90. The maximum atomic E-state index is 10.3. The lowest BCUT2D eigenvalue weighted by atomic mass is 9.97. The molecule has 0 amide bonds. The maximum Gasteiger partial charge on any atom is 0.100 e. The smallest absolute Gasteiger partial charge is 0.100 e. The Hall–Kier alpha value is -1.08. The van der Waals surface area contributed by atoms with E-state index in [1.54, 1.807) is 0 Å². The van der Waals surface area contributed by atoms with E-state index in [1.807, 2.05) is 30.3 Å². The molecule has 1 N–H and O–H groups in total. The van der Waals surface area contributed by atoms with Crippen molar-refractivity contribution in [3.63, 3.8) is 0 Å². The summed E-state index contributed by atoms with van der Waals surface area (Å²) in [5, 5.41) is 10.3. The van der Waals surface area contributed by atoms with Crippen LogP contribution >= 0.6 is 0 Å². The SMILES string of the molecule is CCC/C=C(/CCC)C(O)c1ccccc1. The zero-order valence-corrected chi connectivity index (χ0v) is 10.3. The average Bonchev–Trinajstić information content (AvgIpc) is 2.35. The van der Waals surface area contributed by atoms with Crippen LogP contribution in [0, 0.1) is 0 Å². The van der Waals surface area contributed by atoms with Crippen molar-refractivity contribution in [1.29, 1.82) is 0 Å². The summed E-state index contributed by atoms with van der Waals surface area (Å²) in [5.74, 6) is 0. The first-order valence-corrected chi connectivity index (χ1v) is 6.21. The highest BCUT2D eigenvalue weighted by molar-refractivity contribution is 5.25. The Morgan fingerprint density at radius 2 is 1.88 bits per heavy atom. The van der Waals surface area contributed by atoms with E-state index in [1.165, 1.54) is 0 Å². The first kappa shape index (κ1) is 13.0. The lowest BCUT2D eigenvalue weighted by Crippen LogP contribution is -2.01. The third-order valence-electron chi connectivity index (χ3n) is 2.70. The van der Waals surface area contributed by atoms with Gasteiger partial charge in [-0.1, -0.05) is 63.1 Å². The first-order valence-electron chi connectivity index (χ1n) is 6.21. The molecule has 16 heavy (non-hydrogen) atoms. The van der Waals surface area contributed by atoms with E-state index in [0.717, 1.165) is 36.8 Å². The second kappa shape index (κ2) is 7.24. The molecule has 0 heterocycles. The maximum absolute atomic E-state index is 10.3. The molecule has 0 aliphatic rings. The Morgan fingerprint density at radius 1 is 1.19 bits per heavy atom. The second-order valence-electron chi connectivity index (χ2n) is 4.13. The molecule has 1 aromatic rings. The fraction of sp³-hybridized carbons (Fsp3) is 0.467. The van der Waals surface area contributed by atoms with Gasteiger partial charge in [-0.15, -0.1) is 0 Å². The number of unbranched alkanes of at least 4 members (excludes halogenated alkanes) is 1. The van der Waals surface area contributed by atoms with Gasteiger partial charge in [-0.3, -0.25) is 0 Å². The van der Waals surface area contributed by atoms with Gasteiger partial charge in [0.15, 0.2) is 0 Å². The number of allylic oxidation sites excluding steroid dienone is 1. The van der Waals surface area contributed by atoms with Crippen LogP contribution in [0.3, 0.4) is 0 Å². The summed E-state index contributed by atoms with van der Waals surface area (Å²) < 4.78 is 0. The molecule has 1 aromatic carbocycles. The van der Waals surface area contributed by atoms with Crippen LogP contribution < -0.4 is 0 Å². The number of hydrogen-bond donors (Lipinski definition) is 1. The predicted molar refractivity (Wildman–Crippen MR) is 69.3 cm³/mol. The number of rotatable bonds is 6. The lowest BCUT2D eigenvalue weighted by Gasteiger charge is -2.15. The van der Waals surface area contributed by atoms with Gasteiger partial charge in [-0.2, -0.15) is 0 Å². The summed E-state index contributed by atoms with van der Waals surface area (Å²) in [7, 11) is 0. The largest absolute Gasteiger partial charge is 0.384 e.